The first kappa shape index (κ1) is 44.9. The van der Waals surface area contributed by atoms with Crippen LogP contribution in [0, 0.1) is 0 Å². The van der Waals surface area contributed by atoms with Crippen LogP contribution in [0.2, 0.25) is 0 Å². The lowest BCUT2D eigenvalue weighted by Gasteiger charge is -2.43. The molecule has 3 aromatic rings. The molecule has 4 aliphatic rings. The number of benzene rings is 2. The standard InChI is InChI=1S/C46H60N10O7/c1-4-35-45(62)54(2)37-27-49-46(53-41(37)56(35)30-14-9-10-15-30)51-34-20-19-29(26-38(34)63-3)42(59)48-25-13-24-47-23-11-7-5-6-8-18-39(57)50-33-17-12-16-31-32(33)28-55(44(31)61)36-21-22-40(58)52-43(36)60/h12,16-17,19-20,26-27,30,35-36,47H,4-11,13-15,18,21-25,28H2,1-3H3,(H,48,59)(H,50,57)(H,49,51,53)(H,52,58,60)/t35-,36?/m1/s1. The first-order chi connectivity index (χ1) is 30.6. The molecule has 17 heteroatoms. The highest BCUT2D eigenvalue weighted by molar-refractivity contribution is 6.07. The van der Waals surface area contributed by atoms with E-state index < -0.39 is 11.9 Å². The predicted molar refractivity (Wildman–Crippen MR) is 239 cm³/mol. The van der Waals surface area contributed by atoms with E-state index in [9.17, 15) is 28.8 Å². The molecule has 63 heavy (non-hydrogen) atoms. The largest absolute Gasteiger partial charge is 0.495 e. The highest BCUT2D eigenvalue weighted by Crippen LogP contribution is 2.40. The van der Waals surface area contributed by atoms with Crippen LogP contribution in [0.3, 0.4) is 0 Å². The van der Waals surface area contributed by atoms with E-state index in [0.717, 1.165) is 83.1 Å². The molecule has 0 spiro atoms. The number of likely N-dealkylation sites (N-methyl/N-ethyl adjacent to an activating group) is 1. The normalized spacial score (nSPS) is 18.6. The summed E-state index contributed by atoms with van der Waals surface area (Å²) in [6, 6.07) is 9.72. The topological polar surface area (TPSA) is 207 Å². The molecule has 7 rings (SSSR count). The van der Waals surface area contributed by atoms with Crippen LogP contribution in [0.15, 0.2) is 42.6 Å². The number of fused-ring (bicyclic) bond motifs is 2. The Morgan fingerprint density at radius 1 is 0.921 bits per heavy atom. The minimum atomic E-state index is -0.703. The van der Waals surface area contributed by atoms with E-state index >= 15 is 0 Å². The summed E-state index contributed by atoms with van der Waals surface area (Å²) >= 11 is 0. The summed E-state index contributed by atoms with van der Waals surface area (Å²) in [7, 11) is 3.34. The van der Waals surface area contributed by atoms with Crippen LogP contribution < -0.4 is 41.1 Å². The number of unbranched alkanes of at least 4 members (excludes halogenated alkanes) is 4. The third-order valence-electron chi connectivity index (χ3n) is 12.6. The van der Waals surface area contributed by atoms with Gasteiger partial charge in [0.1, 0.15) is 23.5 Å². The zero-order valence-electron chi connectivity index (χ0n) is 36.6. The Kier molecular flexibility index (Phi) is 14.9. The SMILES string of the molecule is CC[C@@H]1C(=O)N(C)c2cnc(Nc3ccc(C(=O)NCCCNCCCCCCCC(=O)Nc4cccc5c4CN(C4CCC(=O)NC4=O)C5=O)cc3OC)nc2N1C1CCCC1. The number of anilines is 5. The van der Waals surface area contributed by atoms with Crippen molar-refractivity contribution in [3.8, 4) is 5.75 Å². The van der Waals surface area contributed by atoms with Gasteiger partial charge in [0.2, 0.25) is 29.6 Å². The van der Waals surface area contributed by atoms with Crippen molar-refractivity contribution in [1.82, 2.24) is 30.8 Å². The van der Waals surface area contributed by atoms with Gasteiger partial charge in [-0.3, -0.25) is 34.1 Å². The number of rotatable bonds is 20. The van der Waals surface area contributed by atoms with Gasteiger partial charge in [-0.25, -0.2) is 4.98 Å². The van der Waals surface area contributed by atoms with Crippen LogP contribution >= 0.6 is 0 Å². The van der Waals surface area contributed by atoms with Gasteiger partial charge in [-0.2, -0.15) is 4.98 Å². The van der Waals surface area contributed by atoms with Gasteiger partial charge >= 0.3 is 0 Å². The third-order valence-corrected chi connectivity index (χ3v) is 12.6. The lowest BCUT2D eigenvalue weighted by molar-refractivity contribution is -0.137. The van der Waals surface area contributed by atoms with Crippen molar-refractivity contribution in [1.29, 1.82) is 0 Å². The number of hydrogen-bond acceptors (Lipinski definition) is 12. The van der Waals surface area contributed by atoms with Crippen molar-refractivity contribution in [3.05, 3.63) is 59.3 Å². The molecule has 3 aliphatic heterocycles. The van der Waals surface area contributed by atoms with Crippen molar-refractivity contribution in [2.24, 2.45) is 0 Å². The molecule has 1 aliphatic carbocycles. The van der Waals surface area contributed by atoms with E-state index in [4.69, 9.17) is 9.72 Å². The summed E-state index contributed by atoms with van der Waals surface area (Å²) in [5, 5.41) is 15.0. The number of nitrogens with one attached hydrogen (secondary N) is 5. The monoisotopic (exact) mass is 864 g/mol. The van der Waals surface area contributed by atoms with Gasteiger partial charge in [0.15, 0.2) is 5.82 Å². The third kappa shape index (κ3) is 10.4. The summed E-state index contributed by atoms with van der Waals surface area (Å²) in [5.41, 5.74) is 3.54. The predicted octanol–water partition coefficient (Wildman–Crippen LogP) is 5.18. The number of carbonyl (C=O) groups is 6. The van der Waals surface area contributed by atoms with Crippen LogP contribution in [0.4, 0.5) is 28.8 Å². The van der Waals surface area contributed by atoms with Gasteiger partial charge in [0.05, 0.1) is 19.0 Å². The first-order valence-corrected chi connectivity index (χ1v) is 22.5. The van der Waals surface area contributed by atoms with Gasteiger partial charge in [-0.15, -0.1) is 0 Å². The van der Waals surface area contributed by atoms with Crippen molar-refractivity contribution in [2.45, 2.75) is 121 Å². The molecule has 0 radical (unpaired) electrons. The van der Waals surface area contributed by atoms with Crippen LogP contribution in [0.25, 0.3) is 0 Å². The van der Waals surface area contributed by atoms with Gasteiger partial charge in [0, 0.05) is 61.4 Å². The van der Waals surface area contributed by atoms with E-state index in [2.05, 4.69) is 36.5 Å². The quantitative estimate of drug-likeness (QED) is 0.0736. The summed E-state index contributed by atoms with van der Waals surface area (Å²) in [4.78, 5) is 90.9. The van der Waals surface area contributed by atoms with E-state index in [-0.39, 0.29) is 61.0 Å². The molecule has 5 N–H and O–H groups in total. The van der Waals surface area contributed by atoms with Crippen molar-refractivity contribution >= 4 is 64.3 Å². The Balaban J connectivity index is 0.767. The van der Waals surface area contributed by atoms with Crippen LogP contribution in [0.5, 0.6) is 5.75 Å². The number of ether oxygens (including phenoxy) is 1. The number of carbonyl (C=O) groups excluding carboxylic acids is 6. The first-order valence-electron chi connectivity index (χ1n) is 22.5. The molecular formula is C46H60N10O7. The molecule has 1 saturated heterocycles. The molecule has 4 heterocycles. The van der Waals surface area contributed by atoms with Crippen LogP contribution in [-0.2, 0) is 25.7 Å². The smallest absolute Gasteiger partial charge is 0.255 e. The van der Waals surface area contributed by atoms with Crippen molar-refractivity contribution < 1.29 is 33.5 Å². The number of piperidine rings is 1. The number of hydrogen-bond donors (Lipinski definition) is 5. The molecule has 2 atom stereocenters. The highest BCUT2D eigenvalue weighted by Gasteiger charge is 2.42. The number of methoxy groups -OCH3 is 1. The maximum atomic E-state index is 13.3. The lowest BCUT2D eigenvalue weighted by atomic mass is 10.0. The summed E-state index contributed by atoms with van der Waals surface area (Å²) < 4.78 is 5.66. The second-order valence-corrected chi connectivity index (χ2v) is 16.8. The average molecular weight is 865 g/mol. The average Bonchev–Trinajstić information content (AvgIpc) is 3.94. The molecular weight excluding hydrogens is 805 g/mol. The molecule has 6 amide bonds. The Morgan fingerprint density at radius 3 is 2.48 bits per heavy atom. The highest BCUT2D eigenvalue weighted by atomic mass is 16.5. The van der Waals surface area contributed by atoms with Crippen molar-refractivity contribution in [3.63, 3.8) is 0 Å². The summed E-state index contributed by atoms with van der Waals surface area (Å²) in [6.45, 7) is 4.41. The van der Waals surface area contributed by atoms with E-state index in [1.54, 1.807) is 61.7 Å². The van der Waals surface area contributed by atoms with Gasteiger partial charge < -0.3 is 40.7 Å². The lowest BCUT2D eigenvalue weighted by Crippen LogP contribution is -2.55. The summed E-state index contributed by atoms with van der Waals surface area (Å²) in [5.74, 6) is 0.319. The Morgan fingerprint density at radius 2 is 1.70 bits per heavy atom. The fraction of sp³-hybridized carbons (Fsp3) is 0.522. The zero-order valence-corrected chi connectivity index (χ0v) is 36.6. The minimum absolute atomic E-state index is 0.0642. The maximum absolute atomic E-state index is 13.3. The van der Waals surface area contributed by atoms with E-state index in [1.807, 2.05) is 6.92 Å². The second-order valence-electron chi connectivity index (χ2n) is 16.8. The van der Waals surface area contributed by atoms with E-state index in [1.165, 1.54) is 4.90 Å². The zero-order chi connectivity index (χ0) is 44.5. The molecule has 1 saturated carbocycles. The molecule has 2 fully saturated rings. The summed E-state index contributed by atoms with van der Waals surface area (Å²) in [6.07, 6.45) is 13.1. The van der Waals surface area contributed by atoms with Crippen LogP contribution in [0.1, 0.15) is 123 Å². The molecule has 336 valence electrons. The maximum Gasteiger partial charge on any atom is 0.255 e. The van der Waals surface area contributed by atoms with Gasteiger partial charge in [-0.1, -0.05) is 45.1 Å². The fourth-order valence-corrected chi connectivity index (χ4v) is 9.12. The number of imide groups is 1. The number of nitrogens with zero attached hydrogens (tertiary/aromatic N) is 5. The Hall–Kier alpha value is -6.10. The fourth-order valence-electron chi connectivity index (χ4n) is 9.12. The molecule has 2 aromatic carbocycles. The van der Waals surface area contributed by atoms with Crippen molar-refractivity contribution in [2.75, 3.05) is 54.2 Å². The minimum Gasteiger partial charge on any atom is -0.495 e. The van der Waals surface area contributed by atoms with Gasteiger partial charge in [0.25, 0.3) is 11.8 Å². The molecule has 1 aromatic heterocycles. The van der Waals surface area contributed by atoms with Gasteiger partial charge in [-0.05, 0) is 88.4 Å². The Labute approximate surface area is 368 Å². The molecule has 17 nitrogen and oxygen atoms in total. The number of amides is 6. The Bertz CT molecular complexity index is 2190. The number of aromatic nitrogens is 2. The van der Waals surface area contributed by atoms with Crippen LogP contribution in [-0.4, -0.2) is 102 Å². The van der Waals surface area contributed by atoms with E-state index in [0.29, 0.717) is 64.8 Å². The molecule has 1 unspecified atom stereocenters. The second kappa shape index (κ2) is 20.8. The molecule has 0 bridgehead atoms.